The summed E-state index contributed by atoms with van der Waals surface area (Å²) in [6, 6.07) is 200. The lowest BCUT2D eigenvalue weighted by Crippen LogP contribution is -2.50. The number of benzene rings is 20. The van der Waals surface area contributed by atoms with E-state index >= 15 is 0 Å². The van der Waals surface area contributed by atoms with Crippen LogP contribution in [0.5, 0.6) is 23.0 Å². The molecule has 0 aliphatic carbocycles. The Morgan fingerprint density at radius 2 is 0.253 bits per heavy atom. The van der Waals surface area contributed by atoms with Gasteiger partial charge in [-0.15, -0.1) is 0 Å². The van der Waals surface area contributed by atoms with Crippen molar-refractivity contribution >= 4 is 79.7 Å². The molecule has 0 bridgehead atoms. The standard InChI is InChI=1S/C134H114Cl4O4Si4/c135-125-85-117(81-121(113-73-41-13-42-74-113)131(125)139-143(89-101-49-17-1-18-50-101,90-102-51-19-2-20-52-102)91-103-53-21-3-22-54-103)129(118-82-122(114-75-43-14-44-76-114)132(126(136)86-118)140-144(92-104-55-23-4-24-56-104,93-105-57-25-5-26-58-105)94-106-59-27-6-28-60-106)130(119-83-123(115-77-45-15-46-78-115)133(127(137)87-119)141-145(95-107-61-29-7-30-62-107,96-108-63-31-8-32-64-108)97-109-65-33-9-34-66-109)120-84-124(116-79-47-16-48-80-116)134(128(138)88-120)142-146(98-110-67-35-10-36-68-110,99-111-69-37-11-38-70-111)100-112-71-39-12-40-72-112/h1-88,129-130H,89-100H2. The molecule has 0 unspecified atom stereocenters. The molecule has 20 aromatic rings. The third-order valence-electron chi connectivity index (χ3n) is 28.1. The normalized spacial score (nSPS) is 11.7. The molecule has 12 heteroatoms. The summed E-state index contributed by atoms with van der Waals surface area (Å²) >= 11 is 35.4. The van der Waals surface area contributed by atoms with Crippen LogP contribution in [0.2, 0.25) is 20.1 Å². The molecule has 0 radical (unpaired) electrons. The summed E-state index contributed by atoms with van der Waals surface area (Å²) in [5.41, 5.74) is 24.6. The predicted octanol–water partition coefficient (Wildman–Crippen LogP) is 34.6. The van der Waals surface area contributed by atoms with Crippen molar-refractivity contribution in [2.45, 2.75) is 84.4 Å². The molecule has 0 aromatic heterocycles. The zero-order valence-electron chi connectivity index (χ0n) is 81.6. The molecule has 0 fully saturated rings. The maximum absolute atomic E-state index is 8.85. The van der Waals surface area contributed by atoms with Gasteiger partial charge in [-0.1, -0.05) is 532 Å². The topological polar surface area (TPSA) is 36.9 Å². The Kier molecular flexibility index (Phi) is 32.0. The minimum absolute atomic E-state index is 0.440. The average Bonchev–Trinajstić information content (AvgIpc) is 0.733. The molecule has 0 amide bonds. The van der Waals surface area contributed by atoms with Gasteiger partial charge in [-0.3, -0.25) is 0 Å². The minimum Gasteiger partial charge on any atom is -0.541 e. The average molecular weight is 2040 g/mol. The highest BCUT2D eigenvalue weighted by atomic mass is 35.5. The summed E-state index contributed by atoms with van der Waals surface area (Å²) in [4.78, 5) is 0. The summed E-state index contributed by atoms with van der Waals surface area (Å²) in [7, 11) is -13.1. The molecule has 0 aliphatic rings. The van der Waals surface area contributed by atoms with Crippen LogP contribution in [0.3, 0.4) is 0 Å². The molecule has 146 heavy (non-hydrogen) atoms. The molecule has 0 saturated heterocycles. The van der Waals surface area contributed by atoms with Gasteiger partial charge in [0.2, 0.25) is 0 Å². The van der Waals surface area contributed by atoms with E-state index in [1.807, 2.05) is 0 Å². The van der Waals surface area contributed by atoms with Crippen LogP contribution < -0.4 is 17.7 Å². The number of hydrogen-bond acceptors (Lipinski definition) is 4. The molecule has 0 saturated carbocycles. The van der Waals surface area contributed by atoms with E-state index in [0.29, 0.717) is 116 Å². The van der Waals surface area contributed by atoms with E-state index in [1.54, 1.807) is 0 Å². The zero-order valence-corrected chi connectivity index (χ0v) is 88.6. The second-order valence-corrected chi connectivity index (χ2v) is 55.2. The first-order chi connectivity index (χ1) is 71.8. The molecule has 4 nitrogen and oxygen atoms in total. The number of halogens is 4. The van der Waals surface area contributed by atoms with Crippen molar-refractivity contribution in [2.75, 3.05) is 0 Å². The fourth-order valence-electron chi connectivity index (χ4n) is 21.7. The first-order valence-electron chi connectivity index (χ1n) is 50.6. The predicted molar refractivity (Wildman–Crippen MR) is 619 cm³/mol. The van der Waals surface area contributed by atoms with Crippen molar-refractivity contribution in [3.63, 3.8) is 0 Å². The van der Waals surface area contributed by atoms with Crippen LogP contribution in [0, 0.1) is 0 Å². The highest BCUT2D eigenvalue weighted by molar-refractivity contribution is 6.75. The Morgan fingerprint density at radius 1 is 0.144 bits per heavy atom. The summed E-state index contributed by atoms with van der Waals surface area (Å²) in [6.45, 7) is 0. The lowest BCUT2D eigenvalue weighted by atomic mass is 9.72. The summed E-state index contributed by atoms with van der Waals surface area (Å²) in [5, 5.41) is 1.76. The highest BCUT2D eigenvalue weighted by Crippen LogP contribution is 2.56. The largest absolute Gasteiger partial charge is 0.541 e. The van der Waals surface area contributed by atoms with Crippen LogP contribution in [0.25, 0.3) is 44.5 Å². The van der Waals surface area contributed by atoms with Gasteiger partial charge in [0, 0.05) is 107 Å². The van der Waals surface area contributed by atoms with Crippen molar-refractivity contribution in [3.05, 3.63) is 643 Å². The van der Waals surface area contributed by atoms with Crippen molar-refractivity contribution < 1.29 is 17.7 Å². The quantitative estimate of drug-likeness (QED) is 0.0358. The smallest absolute Gasteiger partial charge is 0.264 e. The van der Waals surface area contributed by atoms with Crippen LogP contribution >= 0.6 is 46.4 Å². The maximum atomic E-state index is 8.85. The summed E-state index contributed by atoms with van der Waals surface area (Å²) in [6.07, 6.45) is 0. The van der Waals surface area contributed by atoms with Crippen LogP contribution in [-0.2, 0) is 72.5 Å². The number of rotatable bonds is 41. The molecular formula is C134H114Cl4O4Si4. The monoisotopic (exact) mass is 2040 g/mol. The van der Waals surface area contributed by atoms with E-state index in [-0.39, 0.29) is 0 Å². The van der Waals surface area contributed by atoms with E-state index in [9.17, 15) is 0 Å². The Balaban J connectivity index is 0.902. The van der Waals surface area contributed by atoms with E-state index in [1.165, 1.54) is 66.8 Å². The SMILES string of the molecule is Clc1cc(C(c2cc(Cl)c(O[Si](Cc3ccccc3)(Cc3ccccc3)Cc3ccccc3)c(-c3ccccc3)c2)C(c2cc(Cl)c(O[Si](Cc3ccccc3)(Cc3ccccc3)Cc3ccccc3)c(-c3ccccc3)c2)c2cc(Cl)c(O[Si](Cc3ccccc3)(Cc3ccccc3)Cc3ccccc3)c(-c3ccccc3)c2)cc(-c2ccccc2)c1O[Si](Cc1ccccc1)(Cc1ccccc1)Cc1ccccc1. The molecule has 0 N–H and O–H groups in total. The second kappa shape index (κ2) is 47.2. The van der Waals surface area contributed by atoms with Gasteiger partial charge in [0.25, 0.3) is 33.3 Å². The summed E-state index contributed by atoms with van der Waals surface area (Å²) in [5.74, 6) is 0.826. The van der Waals surface area contributed by atoms with E-state index in [0.717, 1.165) is 66.8 Å². The third kappa shape index (κ3) is 24.9. The second-order valence-electron chi connectivity index (χ2n) is 39.0. The lowest BCUT2D eigenvalue weighted by Gasteiger charge is -2.37. The van der Waals surface area contributed by atoms with E-state index < -0.39 is 45.1 Å². The lowest BCUT2D eigenvalue weighted by molar-refractivity contribution is 0.523. The van der Waals surface area contributed by atoms with Crippen LogP contribution in [0.15, 0.2) is 534 Å². The van der Waals surface area contributed by atoms with E-state index in [2.05, 4.69) is 534 Å². The minimum atomic E-state index is -3.27. The molecule has 0 heterocycles. The molecule has 20 aromatic carbocycles. The van der Waals surface area contributed by atoms with Crippen molar-refractivity contribution in [3.8, 4) is 67.5 Å². The van der Waals surface area contributed by atoms with Crippen molar-refractivity contribution in [2.24, 2.45) is 0 Å². The Hall–Kier alpha value is -14.4. The van der Waals surface area contributed by atoms with E-state index in [4.69, 9.17) is 64.1 Å². The van der Waals surface area contributed by atoms with Crippen molar-refractivity contribution in [1.29, 1.82) is 0 Å². The molecule has 0 aliphatic heterocycles. The van der Waals surface area contributed by atoms with Gasteiger partial charge in [0.1, 0.15) is 23.0 Å². The van der Waals surface area contributed by atoms with Crippen molar-refractivity contribution in [1.82, 2.24) is 0 Å². The van der Waals surface area contributed by atoms with Gasteiger partial charge in [-0.25, -0.2) is 0 Å². The van der Waals surface area contributed by atoms with Gasteiger partial charge < -0.3 is 17.7 Å². The zero-order chi connectivity index (χ0) is 99.2. The maximum Gasteiger partial charge on any atom is 0.264 e. The van der Waals surface area contributed by atoms with Crippen LogP contribution in [0.1, 0.15) is 101 Å². The van der Waals surface area contributed by atoms with Gasteiger partial charge in [0.05, 0.1) is 20.1 Å². The van der Waals surface area contributed by atoms with Gasteiger partial charge in [-0.05, 0) is 160 Å². The molecular weight excluding hydrogens is 1930 g/mol. The van der Waals surface area contributed by atoms with Crippen LogP contribution in [-0.4, -0.2) is 33.3 Å². The fraction of sp³-hybridized carbons (Fsp3) is 0.104. The van der Waals surface area contributed by atoms with Gasteiger partial charge >= 0.3 is 0 Å². The molecule has 0 spiro atoms. The Bertz CT molecular complexity index is 6290. The first-order valence-corrected chi connectivity index (χ1v) is 62.2. The summed E-state index contributed by atoms with van der Waals surface area (Å²) < 4.78 is 34.0. The molecule has 718 valence electrons. The van der Waals surface area contributed by atoms with Gasteiger partial charge in [-0.2, -0.15) is 0 Å². The van der Waals surface area contributed by atoms with Crippen LogP contribution in [0.4, 0.5) is 0 Å². The Labute approximate surface area is 884 Å². The molecule has 0 atom stereocenters. The third-order valence-corrected chi connectivity index (χ3v) is 44.4. The molecule has 20 rings (SSSR count). The number of hydrogen-bond donors (Lipinski definition) is 0. The Morgan fingerprint density at radius 3 is 0.370 bits per heavy atom. The highest BCUT2D eigenvalue weighted by Gasteiger charge is 2.46. The van der Waals surface area contributed by atoms with Gasteiger partial charge in [0.15, 0.2) is 0 Å². The first kappa shape index (κ1) is 99.0. The fourth-order valence-corrected chi connectivity index (χ4v) is 39.8.